The van der Waals surface area contributed by atoms with Crippen LogP contribution in [-0.2, 0) is 9.59 Å². The normalized spacial score (nSPS) is 15.4. The van der Waals surface area contributed by atoms with E-state index >= 15 is 0 Å². The van der Waals surface area contributed by atoms with Gasteiger partial charge in [-0.25, -0.2) is 8.78 Å². The molecule has 3 rings (SSSR count). The largest absolute Gasteiger partial charge is 0.506 e. The van der Waals surface area contributed by atoms with Crippen molar-refractivity contribution in [3.8, 4) is 5.75 Å². The minimum atomic E-state index is -0.748. The van der Waals surface area contributed by atoms with E-state index in [2.05, 4.69) is 5.32 Å². The van der Waals surface area contributed by atoms with Crippen molar-refractivity contribution in [2.24, 2.45) is 0 Å². The first-order valence-corrected chi connectivity index (χ1v) is 9.35. The Balaban J connectivity index is 1.64. The fourth-order valence-electron chi connectivity index (χ4n) is 2.51. The lowest BCUT2D eigenvalue weighted by atomic mass is 10.2. The Kier molecular flexibility index (Phi) is 6.05. The van der Waals surface area contributed by atoms with Gasteiger partial charge < -0.3 is 10.4 Å². The maximum atomic E-state index is 13.3. The monoisotopic (exact) mass is 420 g/mol. The van der Waals surface area contributed by atoms with E-state index in [1.807, 2.05) is 0 Å². The van der Waals surface area contributed by atoms with Crippen LogP contribution in [0.25, 0.3) is 6.08 Å². The standard InChI is InChI=1S/C19H14F2N2O3S2/c20-12-7-11(8-13(21)10-12)9-16-18(26)23(19(27)28-16)6-5-17(25)22-14-3-1-2-4-15(14)24/h1-4,7-10,24H,5-6H2,(H,22,25). The molecule has 0 unspecified atom stereocenters. The Morgan fingerprint density at radius 1 is 1.21 bits per heavy atom. The van der Waals surface area contributed by atoms with Gasteiger partial charge in [-0.3, -0.25) is 14.5 Å². The fraction of sp³-hybridized carbons (Fsp3) is 0.105. The lowest BCUT2D eigenvalue weighted by Gasteiger charge is -2.14. The summed E-state index contributed by atoms with van der Waals surface area (Å²) in [7, 11) is 0. The maximum absolute atomic E-state index is 13.3. The number of halogens is 2. The van der Waals surface area contributed by atoms with Crippen molar-refractivity contribution >= 4 is 51.9 Å². The predicted octanol–water partition coefficient (Wildman–Crippen LogP) is 3.90. The van der Waals surface area contributed by atoms with Crippen LogP contribution >= 0.6 is 24.0 Å². The number of rotatable bonds is 5. The Morgan fingerprint density at radius 3 is 2.57 bits per heavy atom. The smallest absolute Gasteiger partial charge is 0.266 e. The lowest BCUT2D eigenvalue weighted by Crippen LogP contribution is -2.31. The molecule has 0 bridgehead atoms. The summed E-state index contributed by atoms with van der Waals surface area (Å²) in [4.78, 5) is 26.1. The highest BCUT2D eigenvalue weighted by Crippen LogP contribution is 2.33. The molecule has 28 heavy (non-hydrogen) atoms. The molecule has 0 radical (unpaired) electrons. The number of anilines is 1. The summed E-state index contributed by atoms with van der Waals surface area (Å²) >= 11 is 6.17. The second-order valence-corrected chi connectivity index (χ2v) is 7.53. The molecule has 1 aliphatic heterocycles. The minimum absolute atomic E-state index is 0.0390. The number of hydrogen-bond acceptors (Lipinski definition) is 5. The van der Waals surface area contributed by atoms with E-state index in [1.165, 1.54) is 17.0 Å². The number of benzene rings is 2. The minimum Gasteiger partial charge on any atom is -0.506 e. The number of phenols is 1. The molecule has 1 aliphatic rings. The molecule has 0 aliphatic carbocycles. The van der Waals surface area contributed by atoms with Gasteiger partial charge in [0, 0.05) is 19.0 Å². The van der Waals surface area contributed by atoms with Crippen molar-refractivity contribution in [2.45, 2.75) is 6.42 Å². The second-order valence-electron chi connectivity index (χ2n) is 5.85. The van der Waals surface area contributed by atoms with Crippen molar-refractivity contribution in [2.75, 3.05) is 11.9 Å². The molecule has 0 saturated carbocycles. The van der Waals surface area contributed by atoms with E-state index in [0.717, 1.165) is 30.0 Å². The molecule has 5 nitrogen and oxygen atoms in total. The molecule has 0 atom stereocenters. The van der Waals surface area contributed by atoms with Crippen molar-refractivity contribution in [3.05, 3.63) is 64.6 Å². The summed E-state index contributed by atoms with van der Waals surface area (Å²) in [6.45, 7) is 0.0406. The molecule has 9 heteroatoms. The third-order valence-electron chi connectivity index (χ3n) is 3.80. The van der Waals surface area contributed by atoms with Crippen LogP contribution in [0.5, 0.6) is 5.75 Å². The molecule has 1 fully saturated rings. The van der Waals surface area contributed by atoms with E-state index in [4.69, 9.17) is 12.2 Å². The van der Waals surface area contributed by atoms with Crippen LogP contribution in [0, 0.1) is 11.6 Å². The van der Waals surface area contributed by atoms with Crippen LogP contribution in [0.4, 0.5) is 14.5 Å². The Morgan fingerprint density at radius 2 is 1.89 bits per heavy atom. The van der Waals surface area contributed by atoms with E-state index in [1.54, 1.807) is 18.2 Å². The maximum Gasteiger partial charge on any atom is 0.266 e. The summed E-state index contributed by atoms with van der Waals surface area (Å²) < 4.78 is 26.9. The van der Waals surface area contributed by atoms with E-state index in [-0.39, 0.29) is 39.2 Å². The first-order chi connectivity index (χ1) is 13.3. The Bertz CT molecular complexity index is 975. The molecule has 1 heterocycles. The van der Waals surface area contributed by atoms with Gasteiger partial charge in [0.1, 0.15) is 21.7 Å². The summed E-state index contributed by atoms with van der Waals surface area (Å²) in [6.07, 6.45) is 1.32. The molecule has 144 valence electrons. The van der Waals surface area contributed by atoms with Crippen molar-refractivity contribution in [1.82, 2.24) is 4.90 Å². The van der Waals surface area contributed by atoms with Crippen molar-refractivity contribution in [1.29, 1.82) is 0 Å². The number of thioether (sulfide) groups is 1. The zero-order valence-electron chi connectivity index (χ0n) is 14.3. The summed E-state index contributed by atoms with van der Waals surface area (Å²) in [5, 5.41) is 12.2. The number of carbonyl (C=O) groups is 2. The number of amides is 2. The summed E-state index contributed by atoms with van der Waals surface area (Å²) in [6, 6.07) is 9.24. The third-order valence-corrected chi connectivity index (χ3v) is 5.17. The van der Waals surface area contributed by atoms with Gasteiger partial charge in [-0.05, 0) is 35.9 Å². The van der Waals surface area contributed by atoms with Crippen molar-refractivity contribution < 1.29 is 23.5 Å². The van der Waals surface area contributed by atoms with Crippen LogP contribution < -0.4 is 5.32 Å². The summed E-state index contributed by atoms with van der Waals surface area (Å²) in [5.41, 5.74) is 0.473. The lowest BCUT2D eigenvalue weighted by molar-refractivity contribution is -0.122. The highest BCUT2D eigenvalue weighted by Gasteiger charge is 2.32. The van der Waals surface area contributed by atoms with Crippen LogP contribution in [-0.4, -0.2) is 32.7 Å². The van der Waals surface area contributed by atoms with Crippen molar-refractivity contribution in [3.63, 3.8) is 0 Å². The first kappa shape index (κ1) is 20.0. The summed E-state index contributed by atoms with van der Waals surface area (Å²) in [5.74, 6) is -2.39. The molecule has 2 N–H and O–H groups in total. The molecule has 1 saturated heterocycles. The van der Waals surface area contributed by atoms with Gasteiger partial charge in [-0.15, -0.1) is 0 Å². The molecule has 0 spiro atoms. The van der Waals surface area contributed by atoms with Gasteiger partial charge in [0.05, 0.1) is 10.6 Å². The predicted molar refractivity (Wildman–Crippen MR) is 108 cm³/mol. The number of carbonyl (C=O) groups excluding carboxylic acids is 2. The molecule has 2 amide bonds. The number of nitrogens with one attached hydrogen (secondary N) is 1. The topological polar surface area (TPSA) is 69.6 Å². The number of thiocarbonyl (C=S) groups is 1. The van der Waals surface area contributed by atoms with Gasteiger partial charge in [0.15, 0.2) is 0 Å². The number of phenolic OH excluding ortho intramolecular Hbond substituents is 1. The first-order valence-electron chi connectivity index (χ1n) is 8.13. The average Bonchev–Trinajstić information content (AvgIpc) is 2.87. The van der Waals surface area contributed by atoms with E-state index in [0.29, 0.717) is 0 Å². The Hall–Kier alpha value is -2.78. The SMILES string of the molecule is O=C(CCN1C(=O)C(=Cc2cc(F)cc(F)c2)SC1=S)Nc1ccccc1O. The van der Waals surface area contributed by atoms with Crippen LogP contribution in [0.2, 0.25) is 0 Å². The third kappa shape index (κ3) is 4.73. The fourth-order valence-corrected chi connectivity index (χ4v) is 3.82. The van der Waals surface area contributed by atoms with Gasteiger partial charge in [-0.1, -0.05) is 36.1 Å². The molecule has 2 aromatic rings. The average molecular weight is 420 g/mol. The van der Waals surface area contributed by atoms with Gasteiger partial charge in [0.2, 0.25) is 5.91 Å². The van der Waals surface area contributed by atoms with Gasteiger partial charge >= 0.3 is 0 Å². The second kappa shape index (κ2) is 8.49. The molecular formula is C19H14F2N2O3S2. The zero-order valence-corrected chi connectivity index (χ0v) is 15.9. The quantitative estimate of drug-likeness (QED) is 0.436. The number of nitrogens with zero attached hydrogens (tertiary/aromatic N) is 1. The zero-order chi connectivity index (χ0) is 20.3. The number of aromatic hydroxyl groups is 1. The number of hydrogen-bond donors (Lipinski definition) is 2. The van der Waals surface area contributed by atoms with Gasteiger partial charge in [-0.2, -0.15) is 0 Å². The highest BCUT2D eigenvalue weighted by atomic mass is 32.2. The van der Waals surface area contributed by atoms with E-state index < -0.39 is 23.4 Å². The highest BCUT2D eigenvalue weighted by molar-refractivity contribution is 8.26. The number of para-hydroxylation sites is 2. The molecule has 0 aromatic heterocycles. The molecule has 2 aromatic carbocycles. The van der Waals surface area contributed by atoms with Crippen LogP contribution in [0.1, 0.15) is 12.0 Å². The van der Waals surface area contributed by atoms with Gasteiger partial charge in [0.25, 0.3) is 5.91 Å². The molecular weight excluding hydrogens is 406 g/mol. The van der Waals surface area contributed by atoms with Crippen LogP contribution in [0.3, 0.4) is 0 Å². The van der Waals surface area contributed by atoms with Crippen LogP contribution in [0.15, 0.2) is 47.4 Å². The Labute approximate surface area is 169 Å². The van der Waals surface area contributed by atoms with E-state index in [9.17, 15) is 23.5 Å².